The molecule has 5 heteroatoms. The van der Waals surface area contributed by atoms with E-state index in [1.54, 1.807) is 6.07 Å². The van der Waals surface area contributed by atoms with Crippen LogP contribution in [0.15, 0.2) is 42.5 Å². The van der Waals surface area contributed by atoms with Gasteiger partial charge in [-0.2, -0.15) is 0 Å². The van der Waals surface area contributed by atoms with Crippen LogP contribution in [0.25, 0.3) is 22.2 Å². The Morgan fingerprint density at radius 2 is 2.00 bits per heavy atom. The van der Waals surface area contributed by atoms with Crippen molar-refractivity contribution in [3.8, 4) is 11.3 Å². The van der Waals surface area contributed by atoms with Crippen molar-refractivity contribution >= 4 is 40.0 Å². The quantitative estimate of drug-likeness (QED) is 0.525. The van der Waals surface area contributed by atoms with Gasteiger partial charge in [-0.3, -0.25) is 4.79 Å². The largest absolute Gasteiger partial charge is 0.354 e. The molecule has 2 heterocycles. The first-order valence-corrected chi connectivity index (χ1v) is 10.1. The van der Waals surface area contributed by atoms with E-state index in [1.165, 1.54) is 0 Å². The minimum atomic E-state index is 0.0466. The van der Waals surface area contributed by atoms with E-state index >= 15 is 0 Å². The molecule has 1 N–H and O–H groups in total. The van der Waals surface area contributed by atoms with Crippen LogP contribution in [-0.4, -0.2) is 21.8 Å². The summed E-state index contributed by atoms with van der Waals surface area (Å²) in [6.45, 7) is 4.25. The molecule has 140 valence electrons. The maximum absolute atomic E-state index is 12.6. The number of carbonyl (C=O) groups is 1. The summed E-state index contributed by atoms with van der Waals surface area (Å²) in [5.74, 6) is 0.229. The number of fused-ring (bicyclic) bond motifs is 1. The fourth-order valence-corrected chi connectivity index (χ4v) is 4.65. The summed E-state index contributed by atoms with van der Waals surface area (Å²) in [4.78, 5) is 18.3. The lowest BCUT2D eigenvalue weighted by Gasteiger charge is -2.31. The van der Waals surface area contributed by atoms with Gasteiger partial charge in [-0.15, -0.1) is 0 Å². The number of nitrogens with one attached hydrogen (secondary N) is 1. The number of aromatic nitrogens is 1. The maximum atomic E-state index is 12.6. The van der Waals surface area contributed by atoms with Crippen LogP contribution in [0.4, 0.5) is 0 Å². The third-order valence-electron chi connectivity index (χ3n) is 5.60. The molecule has 3 nitrogen and oxygen atoms in total. The first kappa shape index (κ1) is 18.4. The van der Waals surface area contributed by atoms with Gasteiger partial charge in [0.15, 0.2) is 0 Å². The monoisotopic (exact) mass is 400 g/mol. The molecule has 27 heavy (non-hydrogen) atoms. The van der Waals surface area contributed by atoms with Crippen LogP contribution in [0.5, 0.6) is 0 Å². The molecule has 2 atom stereocenters. The molecule has 1 fully saturated rings. The Balaban J connectivity index is 1.95. The highest BCUT2D eigenvalue weighted by Crippen LogP contribution is 2.45. The molecule has 0 unspecified atom stereocenters. The number of benzene rings is 2. The lowest BCUT2D eigenvalue weighted by Crippen LogP contribution is -2.35. The van der Waals surface area contributed by atoms with E-state index in [1.807, 2.05) is 24.3 Å². The van der Waals surface area contributed by atoms with Crippen molar-refractivity contribution in [2.45, 2.75) is 45.2 Å². The lowest BCUT2D eigenvalue weighted by atomic mass is 9.96. The van der Waals surface area contributed by atoms with Crippen molar-refractivity contribution in [1.29, 1.82) is 0 Å². The molecule has 0 bridgehead atoms. The zero-order chi connectivity index (χ0) is 19.1. The number of aromatic amines is 1. The molecule has 2 aromatic carbocycles. The number of carbonyl (C=O) groups excluding carboxylic acids is 1. The van der Waals surface area contributed by atoms with Crippen LogP contribution in [0.3, 0.4) is 0 Å². The predicted molar refractivity (Wildman–Crippen MR) is 112 cm³/mol. The summed E-state index contributed by atoms with van der Waals surface area (Å²) >= 11 is 12.6. The molecule has 1 saturated heterocycles. The van der Waals surface area contributed by atoms with Gasteiger partial charge >= 0.3 is 0 Å². The summed E-state index contributed by atoms with van der Waals surface area (Å²) in [6.07, 6.45) is 2.34. The summed E-state index contributed by atoms with van der Waals surface area (Å²) in [7, 11) is 0. The van der Waals surface area contributed by atoms with Crippen molar-refractivity contribution in [2.75, 3.05) is 0 Å². The molecule has 0 aliphatic carbocycles. The number of likely N-dealkylation sites (tertiary alicyclic amines) is 1. The van der Waals surface area contributed by atoms with Crippen LogP contribution in [0, 0.1) is 0 Å². The van der Waals surface area contributed by atoms with Gasteiger partial charge in [0.1, 0.15) is 0 Å². The van der Waals surface area contributed by atoms with Crippen molar-refractivity contribution in [1.82, 2.24) is 9.88 Å². The van der Waals surface area contributed by atoms with Gasteiger partial charge in [0, 0.05) is 39.5 Å². The van der Waals surface area contributed by atoms with Gasteiger partial charge < -0.3 is 9.88 Å². The van der Waals surface area contributed by atoms with E-state index in [2.05, 4.69) is 35.9 Å². The normalized spacial score (nSPS) is 18.4. The van der Waals surface area contributed by atoms with Crippen LogP contribution < -0.4 is 0 Å². The number of nitrogens with zero attached hydrogens (tertiary/aromatic N) is 1. The number of hydrogen-bond donors (Lipinski definition) is 1. The second kappa shape index (κ2) is 7.21. The lowest BCUT2D eigenvalue weighted by molar-refractivity contribution is -0.131. The number of para-hydroxylation sites is 1. The molecular weight excluding hydrogens is 379 g/mol. The van der Waals surface area contributed by atoms with E-state index in [0.717, 1.165) is 40.6 Å². The smallest absolute Gasteiger partial charge is 0.223 e. The Morgan fingerprint density at radius 1 is 1.22 bits per heavy atom. The Hall–Kier alpha value is -1.97. The molecule has 1 aliphatic rings. The van der Waals surface area contributed by atoms with Gasteiger partial charge in [0.25, 0.3) is 0 Å². The van der Waals surface area contributed by atoms with Crippen LogP contribution in [0.1, 0.15) is 44.7 Å². The average Bonchev–Trinajstić information content (AvgIpc) is 3.21. The third-order valence-corrected chi connectivity index (χ3v) is 6.15. The molecular formula is C22H22Cl2N2O. The standard InChI is InChI=1S/C22H22Cl2N2O/c1-3-13(2)26-19(10-11-20(26)27)21-16-6-4-5-7-18(16)25-22(21)15-9-8-14(23)12-17(15)24/h4-9,12-13,19,25H,3,10-11H2,1-2H3/t13-,19-/m0/s1. The fraction of sp³-hybridized carbons (Fsp3) is 0.318. The molecule has 4 rings (SSSR count). The van der Waals surface area contributed by atoms with Gasteiger partial charge in [-0.1, -0.05) is 48.3 Å². The van der Waals surface area contributed by atoms with Crippen molar-refractivity contribution < 1.29 is 4.79 Å². The number of amides is 1. The Morgan fingerprint density at radius 3 is 2.74 bits per heavy atom. The van der Waals surface area contributed by atoms with E-state index < -0.39 is 0 Å². The molecule has 0 saturated carbocycles. The van der Waals surface area contributed by atoms with Crippen molar-refractivity contribution in [3.63, 3.8) is 0 Å². The molecule has 0 spiro atoms. The van der Waals surface area contributed by atoms with E-state index in [4.69, 9.17) is 23.2 Å². The highest BCUT2D eigenvalue weighted by molar-refractivity contribution is 6.36. The number of H-pyrrole nitrogens is 1. The van der Waals surface area contributed by atoms with Crippen molar-refractivity contribution in [2.24, 2.45) is 0 Å². The van der Waals surface area contributed by atoms with Gasteiger partial charge in [-0.25, -0.2) is 0 Å². The topological polar surface area (TPSA) is 36.1 Å². The average molecular weight is 401 g/mol. The summed E-state index contributed by atoms with van der Waals surface area (Å²) in [5.41, 5.74) is 4.10. The summed E-state index contributed by atoms with van der Waals surface area (Å²) in [6, 6.07) is 14.0. The van der Waals surface area contributed by atoms with Gasteiger partial charge in [0.05, 0.1) is 16.8 Å². The van der Waals surface area contributed by atoms with Crippen molar-refractivity contribution in [3.05, 3.63) is 58.1 Å². The number of rotatable bonds is 4. The minimum absolute atomic E-state index is 0.0466. The second-order valence-electron chi connectivity index (χ2n) is 7.20. The van der Waals surface area contributed by atoms with Crippen LogP contribution >= 0.6 is 23.2 Å². The van der Waals surface area contributed by atoms with Crippen LogP contribution in [0.2, 0.25) is 10.0 Å². The third kappa shape index (κ3) is 3.13. The fourth-order valence-electron chi connectivity index (χ4n) is 4.15. The summed E-state index contributed by atoms with van der Waals surface area (Å²) in [5, 5.41) is 2.36. The molecule has 3 aromatic rings. The maximum Gasteiger partial charge on any atom is 0.223 e. The molecule has 0 radical (unpaired) electrons. The van der Waals surface area contributed by atoms with E-state index in [-0.39, 0.29) is 18.0 Å². The van der Waals surface area contributed by atoms with Crippen LogP contribution in [-0.2, 0) is 4.79 Å². The number of halogens is 2. The van der Waals surface area contributed by atoms with Gasteiger partial charge in [0.2, 0.25) is 5.91 Å². The predicted octanol–water partition coefficient (Wildman–Crippen LogP) is 6.60. The first-order chi connectivity index (χ1) is 13.0. The first-order valence-electron chi connectivity index (χ1n) is 9.38. The highest BCUT2D eigenvalue weighted by atomic mass is 35.5. The van der Waals surface area contributed by atoms with E-state index in [0.29, 0.717) is 16.5 Å². The second-order valence-corrected chi connectivity index (χ2v) is 8.04. The molecule has 1 amide bonds. The van der Waals surface area contributed by atoms with Gasteiger partial charge in [-0.05, 0) is 44.0 Å². The zero-order valence-electron chi connectivity index (χ0n) is 15.4. The summed E-state index contributed by atoms with van der Waals surface area (Å²) < 4.78 is 0. The Labute approximate surface area is 169 Å². The van der Waals surface area contributed by atoms with E-state index in [9.17, 15) is 4.79 Å². The molecule has 1 aromatic heterocycles. The minimum Gasteiger partial charge on any atom is -0.354 e. The molecule has 1 aliphatic heterocycles. The Bertz CT molecular complexity index is 1010. The highest BCUT2D eigenvalue weighted by Gasteiger charge is 2.37. The zero-order valence-corrected chi connectivity index (χ0v) is 16.9. The Kier molecular flexibility index (Phi) is 4.92. The SMILES string of the molecule is CC[C@H](C)N1C(=O)CC[C@H]1c1c(-c2ccc(Cl)cc2Cl)[nH]c2ccccc12. The number of hydrogen-bond acceptors (Lipinski definition) is 1.